The molecule has 0 saturated heterocycles. The molecule has 52 heavy (non-hydrogen) atoms. The number of fused-ring (bicyclic) bond motifs is 4. The lowest BCUT2D eigenvalue weighted by Gasteiger charge is -2.34. The summed E-state index contributed by atoms with van der Waals surface area (Å²) in [5, 5.41) is 10.9. The third kappa shape index (κ3) is 6.18. The number of rotatable bonds is 10. The number of aryl methyl sites for hydroxylation is 1. The van der Waals surface area contributed by atoms with E-state index in [9.17, 15) is 30.8 Å². The molecule has 2 aromatic carbocycles. The molecule has 274 valence electrons. The molecule has 1 fully saturated rings. The van der Waals surface area contributed by atoms with Crippen molar-refractivity contribution in [2.45, 2.75) is 50.1 Å². The van der Waals surface area contributed by atoms with Gasteiger partial charge in [-0.25, -0.2) is 31.0 Å². The molecule has 5 aromatic rings. The lowest BCUT2D eigenvalue weighted by atomic mass is 9.73. The van der Waals surface area contributed by atoms with Gasteiger partial charge in [0.2, 0.25) is 15.9 Å². The van der Waals surface area contributed by atoms with Crippen LogP contribution < -0.4 is 15.8 Å². The second-order valence-corrected chi connectivity index (χ2v) is 15.0. The summed E-state index contributed by atoms with van der Waals surface area (Å²) in [5.41, 5.74) is 4.82. The van der Waals surface area contributed by atoms with Gasteiger partial charge in [-0.1, -0.05) is 11.6 Å². The summed E-state index contributed by atoms with van der Waals surface area (Å²) in [7, 11) is -2.31. The van der Waals surface area contributed by atoms with Crippen LogP contribution in [0.15, 0.2) is 36.5 Å². The maximum absolute atomic E-state index is 15.5. The molecule has 1 saturated carbocycles. The summed E-state index contributed by atoms with van der Waals surface area (Å²) in [4.78, 5) is 22.6. The van der Waals surface area contributed by atoms with Crippen molar-refractivity contribution in [1.29, 1.82) is 0 Å². The van der Waals surface area contributed by atoms with Crippen molar-refractivity contribution in [2.75, 3.05) is 16.7 Å². The Morgan fingerprint density at radius 1 is 1.12 bits per heavy atom. The zero-order chi connectivity index (χ0) is 37.4. The Bertz CT molecular complexity index is 2370. The Morgan fingerprint density at radius 3 is 2.46 bits per heavy atom. The second kappa shape index (κ2) is 12.6. The van der Waals surface area contributed by atoms with Gasteiger partial charge in [-0.05, 0) is 55.0 Å². The number of amides is 1. The average Bonchev–Trinajstić information content (AvgIpc) is 3.57. The number of carbonyl (C=O) groups excluding carboxylic acids is 1. The molecule has 2 aliphatic rings. The maximum atomic E-state index is 15.5. The fourth-order valence-electron chi connectivity index (χ4n) is 7.18. The van der Waals surface area contributed by atoms with Gasteiger partial charge < -0.3 is 11.1 Å². The number of carbonyl (C=O) groups is 1. The standard InChI is InChI=1S/C32H28ClF6N9O3S/c1-47-28-17(4-6-19(33)24(28)31(45-47)46-52(2,50)51)25-26(41-11-21(40)43-25)20(9-13-7-14(34)10-15(35)8-13)42-22(49)12-48-29-23(27(44-48)30(36)37)16-3-5-18(16)32(29,38)39/h4,6-8,10-11,16,18,20,30H,3,5,9,12H2,1-2H3,(H2,40,43)(H,42,49)(H,45,46). The number of sulfonamides is 1. The van der Waals surface area contributed by atoms with Crippen molar-refractivity contribution in [1.82, 2.24) is 34.8 Å². The first-order valence-electron chi connectivity index (χ1n) is 15.7. The number of nitrogens with one attached hydrogen (secondary N) is 2. The summed E-state index contributed by atoms with van der Waals surface area (Å²) < 4.78 is 116. The largest absolute Gasteiger partial charge is 0.382 e. The predicted octanol–water partition coefficient (Wildman–Crippen LogP) is 5.75. The van der Waals surface area contributed by atoms with Crippen LogP contribution in [0.1, 0.15) is 59.4 Å². The molecule has 0 spiro atoms. The third-order valence-corrected chi connectivity index (χ3v) is 10.1. The number of hydrogen-bond donors (Lipinski definition) is 3. The molecular formula is C32H28ClF6N9O3S. The smallest absolute Gasteiger partial charge is 0.293 e. The first-order chi connectivity index (χ1) is 24.4. The highest BCUT2D eigenvalue weighted by Crippen LogP contribution is 2.63. The highest BCUT2D eigenvalue weighted by molar-refractivity contribution is 7.92. The summed E-state index contributed by atoms with van der Waals surface area (Å²) in [6.45, 7) is -0.900. The quantitative estimate of drug-likeness (QED) is 0.151. The van der Waals surface area contributed by atoms with E-state index in [-0.39, 0.29) is 74.9 Å². The van der Waals surface area contributed by atoms with Gasteiger partial charge in [-0.3, -0.25) is 23.9 Å². The number of halogens is 7. The molecule has 3 atom stereocenters. The van der Waals surface area contributed by atoms with Gasteiger partial charge in [0, 0.05) is 30.2 Å². The molecule has 3 heterocycles. The van der Waals surface area contributed by atoms with E-state index < -0.39 is 75.7 Å². The molecule has 20 heteroatoms. The number of hydrogen-bond acceptors (Lipinski definition) is 8. The molecule has 1 amide bonds. The topological polar surface area (TPSA) is 163 Å². The molecule has 7 rings (SSSR count). The van der Waals surface area contributed by atoms with Crippen LogP contribution in [0.3, 0.4) is 0 Å². The van der Waals surface area contributed by atoms with E-state index >= 15 is 8.78 Å². The molecule has 0 bridgehead atoms. The predicted molar refractivity (Wildman–Crippen MR) is 177 cm³/mol. The molecule has 3 unspecified atom stereocenters. The van der Waals surface area contributed by atoms with Gasteiger partial charge in [-0.2, -0.15) is 19.0 Å². The van der Waals surface area contributed by atoms with Crippen molar-refractivity contribution >= 4 is 50.1 Å². The van der Waals surface area contributed by atoms with Crippen LogP contribution in [0.4, 0.5) is 38.0 Å². The number of nitrogens with zero attached hydrogens (tertiary/aromatic N) is 6. The second-order valence-electron chi connectivity index (χ2n) is 12.8. The van der Waals surface area contributed by atoms with E-state index in [0.717, 1.165) is 24.6 Å². The monoisotopic (exact) mass is 767 g/mol. The lowest BCUT2D eigenvalue weighted by molar-refractivity contribution is -0.123. The van der Waals surface area contributed by atoms with Crippen molar-refractivity contribution < 1.29 is 39.6 Å². The Morgan fingerprint density at radius 2 is 1.83 bits per heavy atom. The van der Waals surface area contributed by atoms with E-state index in [0.29, 0.717) is 10.7 Å². The van der Waals surface area contributed by atoms with Crippen LogP contribution in [-0.2, 0) is 40.8 Å². The van der Waals surface area contributed by atoms with Gasteiger partial charge >= 0.3 is 0 Å². The van der Waals surface area contributed by atoms with Gasteiger partial charge in [0.25, 0.3) is 12.3 Å². The van der Waals surface area contributed by atoms with Gasteiger partial charge in [0.1, 0.15) is 35.4 Å². The lowest BCUT2D eigenvalue weighted by Crippen LogP contribution is -2.36. The molecule has 4 N–H and O–H groups in total. The molecule has 0 radical (unpaired) electrons. The van der Waals surface area contributed by atoms with Crippen LogP contribution in [0, 0.1) is 17.6 Å². The van der Waals surface area contributed by atoms with Crippen molar-refractivity contribution in [3.05, 3.63) is 81.4 Å². The van der Waals surface area contributed by atoms with Crippen LogP contribution >= 0.6 is 11.6 Å². The number of alkyl halides is 4. The first kappa shape index (κ1) is 35.5. The minimum absolute atomic E-state index is 0.0147. The van der Waals surface area contributed by atoms with Crippen LogP contribution in [0.2, 0.25) is 5.02 Å². The summed E-state index contributed by atoms with van der Waals surface area (Å²) in [6, 6.07) is 4.34. The Hall–Kier alpha value is -4.91. The fourth-order valence-corrected chi connectivity index (χ4v) is 7.92. The first-order valence-corrected chi connectivity index (χ1v) is 18.0. The van der Waals surface area contributed by atoms with Gasteiger partial charge in [0.15, 0.2) is 5.82 Å². The number of benzene rings is 2. The Kier molecular flexibility index (Phi) is 8.63. The van der Waals surface area contributed by atoms with Gasteiger partial charge in [-0.15, -0.1) is 0 Å². The number of nitrogens with two attached hydrogens (primary N) is 1. The molecule has 3 aromatic heterocycles. The Balaban J connectivity index is 1.33. The van der Waals surface area contributed by atoms with E-state index in [1.54, 1.807) is 0 Å². The number of nitrogen functional groups attached to an aromatic ring is 1. The molecular weight excluding hydrogens is 740 g/mol. The minimum atomic E-state index is -3.81. The summed E-state index contributed by atoms with van der Waals surface area (Å²) in [6.07, 6.45) is -0.986. The van der Waals surface area contributed by atoms with E-state index in [1.165, 1.54) is 23.9 Å². The molecule has 12 nitrogen and oxygen atoms in total. The van der Waals surface area contributed by atoms with Crippen molar-refractivity contribution in [3.8, 4) is 11.3 Å². The zero-order valence-corrected chi connectivity index (χ0v) is 28.7. The molecule has 0 aliphatic heterocycles. The van der Waals surface area contributed by atoms with Crippen molar-refractivity contribution in [3.63, 3.8) is 0 Å². The van der Waals surface area contributed by atoms with Gasteiger partial charge in [0.05, 0.1) is 45.8 Å². The Labute approximate surface area is 296 Å². The summed E-state index contributed by atoms with van der Waals surface area (Å²) in [5.74, 6) is -8.49. The van der Waals surface area contributed by atoms with Crippen molar-refractivity contribution in [2.24, 2.45) is 13.0 Å². The third-order valence-electron chi connectivity index (χ3n) is 9.27. The number of anilines is 2. The normalized spacial score (nSPS) is 18.3. The number of aromatic nitrogens is 6. The highest BCUT2D eigenvalue weighted by atomic mass is 35.5. The zero-order valence-electron chi connectivity index (χ0n) is 27.1. The van der Waals surface area contributed by atoms with Crippen LogP contribution in [0.25, 0.3) is 22.2 Å². The van der Waals surface area contributed by atoms with E-state index in [1.807, 2.05) is 0 Å². The maximum Gasteiger partial charge on any atom is 0.293 e. The minimum Gasteiger partial charge on any atom is -0.382 e. The van der Waals surface area contributed by atoms with E-state index in [4.69, 9.17) is 17.3 Å². The average molecular weight is 768 g/mol. The fraction of sp³-hybridized carbons (Fsp3) is 0.344. The van der Waals surface area contributed by atoms with Crippen LogP contribution in [0.5, 0.6) is 0 Å². The molecule has 2 aliphatic carbocycles. The summed E-state index contributed by atoms with van der Waals surface area (Å²) >= 11 is 6.50. The van der Waals surface area contributed by atoms with Crippen LogP contribution in [-0.4, -0.2) is 50.1 Å². The van der Waals surface area contributed by atoms with E-state index in [2.05, 4.69) is 30.2 Å². The highest BCUT2D eigenvalue weighted by Gasteiger charge is 2.62. The SMILES string of the molecule is Cn1nc(NS(C)(=O)=O)c2c(Cl)ccc(-c3nc(N)cnc3C(Cc3cc(F)cc(F)c3)NC(=O)Cn3nc(C(F)F)c4c3C(F)(F)C3CCC43)c21.